The molecule has 0 N–H and O–H groups in total. The smallest absolute Gasteiger partial charge is 0.410 e. The highest BCUT2D eigenvalue weighted by molar-refractivity contribution is 5.68. The first-order valence-corrected chi connectivity index (χ1v) is 10.1. The minimum atomic E-state index is -0.507. The first-order valence-electron chi connectivity index (χ1n) is 10.1. The number of hydrogen-bond acceptors (Lipinski definition) is 6. The predicted molar refractivity (Wildman–Crippen MR) is 111 cm³/mol. The second-order valence-electron chi connectivity index (χ2n) is 8.91. The Balaban J connectivity index is 1.50. The lowest BCUT2D eigenvalue weighted by Gasteiger charge is -2.40. The number of nitrogens with zero attached hydrogens (tertiary/aromatic N) is 6. The molecule has 3 heterocycles. The molecule has 1 amide bonds. The Morgan fingerprint density at radius 3 is 2.57 bits per heavy atom. The Kier molecular flexibility index (Phi) is 4.91. The number of ether oxygens (including phenoxy) is 2. The largest absolute Gasteiger partial charge is 0.473 e. The highest BCUT2D eigenvalue weighted by atomic mass is 16.6. The summed E-state index contributed by atoms with van der Waals surface area (Å²) in [6.07, 6.45) is 8.49. The van der Waals surface area contributed by atoms with Gasteiger partial charge in [-0.2, -0.15) is 10.2 Å². The van der Waals surface area contributed by atoms with Crippen LogP contribution in [-0.4, -0.2) is 60.2 Å². The van der Waals surface area contributed by atoms with E-state index in [0.29, 0.717) is 5.88 Å². The van der Waals surface area contributed by atoms with Crippen molar-refractivity contribution in [2.45, 2.75) is 58.3 Å². The Morgan fingerprint density at radius 2 is 1.93 bits per heavy atom. The molecule has 0 aromatic carbocycles. The molecule has 1 aliphatic carbocycles. The van der Waals surface area contributed by atoms with Crippen LogP contribution < -0.4 is 4.74 Å². The quantitative estimate of drug-likeness (QED) is 0.654. The molecule has 1 aliphatic rings. The second kappa shape index (κ2) is 7.30. The molecule has 9 nitrogen and oxygen atoms in total. The van der Waals surface area contributed by atoms with Gasteiger partial charge in [0.15, 0.2) is 0 Å². The molecule has 30 heavy (non-hydrogen) atoms. The van der Waals surface area contributed by atoms with Crippen molar-refractivity contribution in [1.82, 2.24) is 29.3 Å². The number of rotatable bonds is 4. The Labute approximate surface area is 175 Å². The van der Waals surface area contributed by atoms with Gasteiger partial charge in [0.25, 0.3) is 0 Å². The highest BCUT2D eigenvalue weighted by Gasteiger charge is 2.38. The summed E-state index contributed by atoms with van der Waals surface area (Å²) in [6.45, 7) is 7.59. The van der Waals surface area contributed by atoms with Crippen molar-refractivity contribution in [2.75, 3.05) is 7.05 Å². The van der Waals surface area contributed by atoms with Crippen LogP contribution in [0, 0.1) is 6.92 Å². The maximum Gasteiger partial charge on any atom is 0.410 e. The molecule has 0 aliphatic heterocycles. The van der Waals surface area contributed by atoms with Crippen LogP contribution in [0.5, 0.6) is 5.88 Å². The van der Waals surface area contributed by atoms with Crippen LogP contribution in [0.25, 0.3) is 16.8 Å². The molecule has 9 heteroatoms. The van der Waals surface area contributed by atoms with E-state index in [9.17, 15) is 4.79 Å². The van der Waals surface area contributed by atoms with Crippen molar-refractivity contribution in [1.29, 1.82) is 0 Å². The Hall–Kier alpha value is -3.10. The summed E-state index contributed by atoms with van der Waals surface area (Å²) >= 11 is 0. The normalized spacial score (nSPS) is 18.9. The summed E-state index contributed by atoms with van der Waals surface area (Å²) < 4.78 is 15.2. The van der Waals surface area contributed by atoms with E-state index in [4.69, 9.17) is 14.5 Å². The fraction of sp³-hybridized carbons (Fsp3) is 0.524. The van der Waals surface area contributed by atoms with Gasteiger partial charge in [-0.05, 0) is 27.7 Å². The van der Waals surface area contributed by atoms with Gasteiger partial charge < -0.3 is 14.4 Å². The maximum atomic E-state index is 12.3. The van der Waals surface area contributed by atoms with E-state index < -0.39 is 5.60 Å². The number of carbonyl (C=O) groups is 1. The lowest BCUT2D eigenvalue weighted by molar-refractivity contribution is -0.00937. The van der Waals surface area contributed by atoms with Gasteiger partial charge in [0.2, 0.25) is 5.88 Å². The van der Waals surface area contributed by atoms with Crippen LogP contribution in [0.2, 0.25) is 0 Å². The van der Waals surface area contributed by atoms with Crippen molar-refractivity contribution < 1.29 is 14.3 Å². The van der Waals surface area contributed by atoms with Crippen molar-refractivity contribution >= 4 is 11.6 Å². The molecular formula is C21H28N6O3. The predicted octanol–water partition coefficient (Wildman–Crippen LogP) is 3.21. The molecule has 0 saturated heterocycles. The van der Waals surface area contributed by atoms with E-state index in [1.54, 1.807) is 33.5 Å². The van der Waals surface area contributed by atoms with E-state index in [1.807, 2.05) is 47.1 Å². The third-order valence-electron chi connectivity index (χ3n) is 5.23. The molecule has 3 aromatic rings. The molecule has 160 valence electrons. The fourth-order valence-electron chi connectivity index (χ4n) is 3.49. The van der Waals surface area contributed by atoms with Gasteiger partial charge in [0.05, 0.1) is 24.3 Å². The van der Waals surface area contributed by atoms with Crippen molar-refractivity contribution in [3.05, 3.63) is 30.4 Å². The molecule has 3 aromatic heterocycles. The van der Waals surface area contributed by atoms with Gasteiger partial charge >= 0.3 is 6.09 Å². The van der Waals surface area contributed by atoms with Gasteiger partial charge in [0.1, 0.15) is 17.2 Å². The summed E-state index contributed by atoms with van der Waals surface area (Å²) in [5.74, 6) is 0.551. The third kappa shape index (κ3) is 3.96. The number of hydrogen-bond donors (Lipinski definition) is 0. The molecule has 1 saturated carbocycles. The summed E-state index contributed by atoms with van der Waals surface area (Å²) in [5, 5.41) is 8.65. The SMILES string of the molecule is Cc1cnn2cc(-c3cnn(C)c3)nc(O[C@H]3C[C@H](N(C)C(=O)OC(C)(C)C)C3)c12. The van der Waals surface area contributed by atoms with Gasteiger partial charge in [-0.15, -0.1) is 0 Å². The standard InChI is InChI=1S/C21H28N6O3/c1-13-9-23-27-12-17(14-10-22-25(5)11-14)24-19(18(13)27)29-16-7-15(8-16)26(6)20(28)30-21(2,3)4/h9-12,15-16H,7-8H2,1-6H3/t15-,16-. The average Bonchev–Trinajstić information content (AvgIpc) is 3.21. The number of amides is 1. The van der Waals surface area contributed by atoms with Gasteiger partial charge in [-0.25, -0.2) is 14.3 Å². The molecular weight excluding hydrogens is 384 g/mol. The molecule has 0 atom stereocenters. The zero-order valence-corrected chi connectivity index (χ0v) is 18.3. The van der Waals surface area contributed by atoms with Crippen LogP contribution in [0.1, 0.15) is 39.2 Å². The minimum absolute atomic E-state index is 0.0189. The van der Waals surface area contributed by atoms with Crippen LogP contribution in [-0.2, 0) is 11.8 Å². The van der Waals surface area contributed by atoms with Crippen LogP contribution in [0.15, 0.2) is 24.8 Å². The molecule has 0 radical (unpaired) electrons. The van der Waals surface area contributed by atoms with Gasteiger partial charge in [-0.1, -0.05) is 0 Å². The first-order chi connectivity index (χ1) is 14.1. The zero-order chi connectivity index (χ0) is 21.6. The fourth-order valence-corrected chi connectivity index (χ4v) is 3.49. The van der Waals surface area contributed by atoms with E-state index in [-0.39, 0.29) is 18.2 Å². The lowest BCUT2D eigenvalue weighted by atomic mass is 9.88. The molecule has 1 fully saturated rings. The molecule has 0 bridgehead atoms. The average molecular weight is 412 g/mol. The van der Waals surface area contributed by atoms with Crippen molar-refractivity contribution in [2.24, 2.45) is 7.05 Å². The number of carbonyl (C=O) groups excluding carboxylic acids is 1. The van der Waals surface area contributed by atoms with Crippen LogP contribution in [0.4, 0.5) is 4.79 Å². The summed E-state index contributed by atoms with van der Waals surface area (Å²) in [4.78, 5) is 18.7. The second-order valence-corrected chi connectivity index (χ2v) is 8.91. The lowest BCUT2D eigenvalue weighted by Crippen LogP contribution is -2.51. The summed E-state index contributed by atoms with van der Waals surface area (Å²) in [7, 11) is 3.64. The van der Waals surface area contributed by atoms with Crippen LogP contribution >= 0.6 is 0 Å². The zero-order valence-electron chi connectivity index (χ0n) is 18.3. The van der Waals surface area contributed by atoms with Crippen LogP contribution in [0.3, 0.4) is 0 Å². The van der Waals surface area contributed by atoms with E-state index in [1.165, 1.54) is 0 Å². The van der Waals surface area contributed by atoms with Gasteiger partial charge in [0, 0.05) is 50.3 Å². The first kappa shape index (κ1) is 20.2. The topological polar surface area (TPSA) is 86.8 Å². The Morgan fingerprint density at radius 1 is 1.20 bits per heavy atom. The number of aryl methyl sites for hydroxylation is 2. The summed E-state index contributed by atoms with van der Waals surface area (Å²) in [5.41, 5.74) is 2.99. The number of fused-ring (bicyclic) bond motifs is 1. The molecule has 0 unspecified atom stereocenters. The van der Waals surface area contributed by atoms with E-state index in [2.05, 4.69) is 10.2 Å². The highest BCUT2D eigenvalue weighted by Crippen LogP contribution is 2.33. The van der Waals surface area contributed by atoms with Crippen molar-refractivity contribution in [3.8, 4) is 17.1 Å². The molecule has 4 rings (SSSR count). The maximum absolute atomic E-state index is 12.3. The minimum Gasteiger partial charge on any atom is -0.473 e. The summed E-state index contributed by atoms with van der Waals surface area (Å²) in [6, 6.07) is 0.0911. The number of aromatic nitrogens is 5. The van der Waals surface area contributed by atoms with E-state index >= 15 is 0 Å². The van der Waals surface area contributed by atoms with Gasteiger partial charge in [-0.3, -0.25) is 4.68 Å². The monoisotopic (exact) mass is 412 g/mol. The van der Waals surface area contributed by atoms with E-state index in [0.717, 1.165) is 35.2 Å². The van der Waals surface area contributed by atoms with Crippen molar-refractivity contribution in [3.63, 3.8) is 0 Å². The Bertz CT molecular complexity index is 1070. The molecule has 0 spiro atoms. The third-order valence-corrected chi connectivity index (χ3v) is 5.23.